The van der Waals surface area contributed by atoms with Gasteiger partial charge in [-0.15, -0.1) is 0 Å². The molecule has 0 aliphatic heterocycles. The van der Waals surface area contributed by atoms with E-state index in [1.165, 1.54) is 24.5 Å². The number of anilines is 1. The summed E-state index contributed by atoms with van der Waals surface area (Å²) in [5.74, 6) is 0.245. The van der Waals surface area contributed by atoms with Crippen molar-refractivity contribution in [1.82, 2.24) is 9.55 Å². The van der Waals surface area contributed by atoms with Crippen molar-refractivity contribution in [2.45, 2.75) is 6.18 Å². The van der Waals surface area contributed by atoms with Crippen LogP contribution in [0, 0.1) is 0 Å². The van der Waals surface area contributed by atoms with Gasteiger partial charge in [0.2, 0.25) is 0 Å². The summed E-state index contributed by atoms with van der Waals surface area (Å²) in [7, 11) is 1.58. The van der Waals surface area contributed by atoms with Gasteiger partial charge >= 0.3 is 11.9 Å². The Balaban J connectivity index is 2.15. The molecule has 0 spiro atoms. The summed E-state index contributed by atoms with van der Waals surface area (Å²) < 4.78 is 45.9. The van der Waals surface area contributed by atoms with Gasteiger partial charge in [0.25, 0.3) is 0 Å². The second-order valence-electron chi connectivity index (χ2n) is 5.79. The van der Waals surface area contributed by atoms with E-state index in [4.69, 9.17) is 16.0 Å². The average Bonchev–Trinajstić information content (AvgIpc) is 3.10. The number of hydrogen-bond donors (Lipinski definition) is 1. The van der Waals surface area contributed by atoms with Crippen LogP contribution in [0.15, 0.2) is 51.9 Å². The van der Waals surface area contributed by atoms with E-state index in [-0.39, 0.29) is 17.0 Å². The predicted molar refractivity (Wildman–Crippen MR) is 96.7 cm³/mol. The largest absolute Gasteiger partial charge is 0.463 e. The van der Waals surface area contributed by atoms with Crippen molar-refractivity contribution in [2.24, 2.45) is 0 Å². The lowest BCUT2D eigenvalue weighted by molar-refractivity contribution is -0.137. The predicted octanol–water partition coefficient (Wildman–Crippen LogP) is 4.85. The van der Waals surface area contributed by atoms with Crippen LogP contribution in [0.1, 0.15) is 5.56 Å². The standard InChI is InChI=1S/C18H11ClF3N3O2/c1-23-16-14-13(8-12(19)11-5-6-27-15(11)14)25(17(26)24-16)10-4-2-3-9(7-10)18(20,21)22/h2-8H,1H3,(H,23,24,26). The van der Waals surface area contributed by atoms with Gasteiger partial charge in [-0.25, -0.2) is 4.79 Å². The molecule has 0 saturated carbocycles. The molecule has 9 heteroatoms. The maximum Gasteiger partial charge on any atom is 0.416 e. The molecule has 0 unspecified atom stereocenters. The highest BCUT2D eigenvalue weighted by Gasteiger charge is 2.31. The zero-order valence-electron chi connectivity index (χ0n) is 13.8. The van der Waals surface area contributed by atoms with E-state index >= 15 is 0 Å². The number of nitrogens with one attached hydrogen (secondary N) is 1. The smallest absolute Gasteiger partial charge is 0.416 e. The summed E-state index contributed by atoms with van der Waals surface area (Å²) in [6.07, 6.45) is -3.10. The molecule has 0 aliphatic carbocycles. The quantitative estimate of drug-likeness (QED) is 0.529. The Morgan fingerprint density at radius 3 is 2.70 bits per heavy atom. The van der Waals surface area contributed by atoms with Crippen LogP contribution in [0.2, 0.25) is 5.02 Å². The van der Waals surface area contributed by atoms with E-state index in [9.17, 15) is 18.0 Å². The number of benzene rings is 2. The lowest BCUT2D eigenvalue weighted by Gasteiger charge is -2.15. The fraction of sp³-hybridized carbons (Fsp3) is 0.111. The first-order chi connectivity index (χ1) is 12.8. The molecule has 2 aromatic carbocycles. The van der Waals surface area contributed by atoms with Crippen LogP contribution >= 0.6 is 11.6 Å². The highest BCUT2D eigenvalue weighted by Crippen LogP contribution is 2.36. The molecule has 27 heavy (non-hydrogen) atoms. The van der Waals surface area contributed by atoms with Gasteiger partial charge in [-0.05, 0) is 30.3 Å². The first-order valence-electron chi connectivity index (χ1n) is 7.79. The molecular formula is C18H11ClF3N3O2. The second-order valence-corrected chi connectivity index (χ2v) is 6.20. The van der Waals surface area contributed by atoms with Crippen LogP contribution in [0.25, 0.3) is 27.6 Å². The fourth-order valence-electron chi connectivity index (χ4n) is 3.04. The van der Waals surface area contributed by atoms with Gasteiger partial charge in [0, 0.05) is 12.4 Å². The SMILES string of the molecule is CNc1nc(=O)n(-c2cccc(C(F)(F)F)c2)c2cc(Cl)c3ccoc3c12. The number of aromatic nitrogens is 2. The Bertz CT molecular complexity index is 1240. The minimum absolute atomic E-state index is 0.0250. The third-order valence-corrected chi connectivity index (χ3v) is 4.53. The molecule has 0 atom stereocenters. The van der Waals surface area contributed by atoms with E-state index < -0.39 is 17.4 Å². The minimum Gasteiger partial charge on any atom is -0.463 e. The van der Waals surface area contributed by atoms with Crippen molar-refractivity contribution in [2.75, 3.05) is 12.4 Å². The number of nitrogens with zero attached hydrogens (tertiary/aromatic N) is 2. The van der Waals surface area contributed by atoms with E-state index in [0.29, 0.717) is 21.4 Å². The fourth-order valence-corrected chi connectivity index (χ4v) is 3.29. The number of rotatable bonds is 2. The third kappa shape index (κ3) is 2.73. The Morgan fingerprint density at radius 2 is 2.00 bits per heavy atom. The lowest BCUT2D eigenvalue weighted by Crippen LogP contribution is -2.23. The molecule has 4 aromatic rings. The van der Waals surface area contributed by atoms with Crippen LogP contribution in [0.5, 0.6) is 0 Å². The van der Waals surface area contributed by atoms with Crippen molar-refractivity contribution in [3.63, 3.8) is 0 Å². The Labute approximate surface area is 155 Å². The highest BCUT2D eigenvalue weighted by atomic mass is 35.5. The second kappa shape index (κ2) is 6.02. The van der Waals surface area contributed by atoms with Crippen LogP contribution in [0.3, 0.4) is 0 Å². The first kappa shape index (κ1) is 17.4. The van der Waals surface area contributed by atoms with Crippen LogP contribution in [0.4, 0.5) is 19.0 Å². The van der Waals surface area contributed by atoms with Crippen LogP contribution < -0.4 is 11.0 Å². The average molecular weight is 394 g/mol. The molecule has 2 aromatic heterocycles. The summed E-state index contributed by atoms with van der Waals surface area (Å²) in [5, 5.41) is 4.18. The maximum absolute atomic E-state index is 13.1. The van der Waals surface area contributed by atoms with Crippen molar-refractivity contribution in [1.29, 1.82) is 0 Å². The monoisotopic (exact) mass is 393 g/mol. The zero-order valence-corrected chi connectivity index (χ0v) is 14.5. The van der Waals surface area contributed by atoms with Crippen molar-refractivity contribution in [3.05, 3.63) is 63.7 Å². The molecule has 4 rings (SSSR count). The molecular weight excluding hydrogens is 383 g/mol. The molecule has 5 nitrogen and oxygen atoms in total. The molecule has 0 saturated heterocycles. The number of alkyl halides is 3. The topological polar surface area (TPSA) is 60.1 Å². The molecule has 138 valence electrons. The van der Waals surface area contributed by atoms with Gasteiger partial charge < -0.3 is 9.73 Å². The van der Waals surface area contributed by atoms with Gasteiger partial charge in [-0.3, -0.25) is 4.57 Å². The minimum atomic E-state index is -4.54. The molecule has 0 fully saturated rings. The number of halogens is 4. The zero-order chi connectivity index (χ0) is 19.3. The summed E-state index contributed by atoms with van der Waals surface area (Å²) in [6, 6.07) is 7.63. The van der Waals surface area contributed by atoms with Crippen molar-refractivity contribution < 1.29 is 17.6 Å². The lowest BCUT2D eigenvalue weighted by atomic mass is 10.1. The summed E-state index contributed by atoms with van der Waals surface area (Å²) in [5.41, 5.74) is -0.922. The third-order valence-electron chi connectivity index (χ3n) is 4.21. The summed E-state index contributed by atoms with van der Waals surface area (Å²) in [4.78, 5) is 16.6. The van der Waals surface area contributed by atoms with E-state index in [0.717, 1.165) is 16.7 Å². The van der Waals surface area contributed by atoms with E-state index in [2.05, 4.69) is 10.3 Å². The Morgan fingerprint density at radius 1 is 1.22 bits per heavy atom. The van der Waals surface area contributed by atoms with Gasteiger partial charge in [0.05, 0.1) is 33.4 Å². The Hall–Kier alpha value is -3.00. The van der Waals surface area contributed by atoms with Gasteiger partial charge in [0.15, 0.2) is 0 Å². The first-order valence-corrected chi connectivity index (χ1v) is 8.17. The van der Waals surface area contributed by atoms with Gasteiger partial charge in [0.1, 0.15) is 11.4 Å². The van der Waals surface area contributed by atoms with Crippen molar-refractivity contribution in [3.8, 4) is 5.69 Å². The van der Waals surface area contributed by atoms with Crippen molar-refractivity contribution >= 4 is 39.3 Å². The van der Waals surface area contributed by atoms with Crippen LogP contribution in [-0.4, -0.2) is 16.6 Å². The normalized spacial score (nSPS) is 12.0. The van der Waals surface area contributed by atoms with Gasteiger partial charge in [-0.1, -0.05) is 17.7 Å². The number of furan rings is 1. The molecule has 0 radical (unpaired) electrons. The molecule has 0 amide bonds. The van der Waals surface area contributed by atoms with Crippen LogP contribution in [-0.2, 0) is 6.18 Å². The summed E-state index contributed by atoms with van der Waals surface area (Å²) >= 11 is 6.29. The van der Waals surface area contributed by atoms with E-state index in [1.807, 2.05) is 0 Å². The molecule has 2 heterocycles. The molecule has 1 N–H and O–H groups in total. The number of hydrogen-bond acceptors (Lipinski definition) is 4. The number of fused-ring (bicyclic) bond motifs is 3. The van der Waals surface area contributed by atoms with Gasteiger partial charge in [-0.2, -0.15) is 18.2 Å². The Kier molecular flexibility index (Phi) is 3.88. The maximum atomic E-state index is 13.1. The molecule has 0 aliphatic rings. The van der Waals surface area contributed by atoms with E-state index in [1.54, 1.807) is 13.1 Å². The highest BCUT2D eigenvalue weighted by molar-refractivity contribution is 6.37. The molecule has 0 bridgehead atoms. The summed E-state index contributed by atoms with van der Waals surface area (Å²) in [6.45, 7) is 0.